The van der Waals surface area contributed by atoms with Gasteiger partial charge in [-0.15, -0.1) is 0 Å². The molecule has 3 N–H and O–H groups in total. The lowest BCUT2D eigenvalue weighted by Gasteiger charge is -2.39. The molecule has 0 saturated carbocycles. The Labute approximate surface area is 164 Å². The molecule has 0 aliphatic carbocycles. The van der Waals surface area contributed by atoms with Gasteiger partial charge in [0.05, 0.1) is 6.20 Å². The summed E-state index contributed by atoms with van der Waals surface area (Å²) in [6.45, 7) is 5.81. The van der Waals surface area contributed by atoms with E-state index in [4.69, 9.17) is 15.7 Å². The van der Waals surface area contributed by atoms with Crippen molar-refractivity contribution >= 4 is 28.6 Å². The van der Waals surface area contributed by atoms with Crippen LogP contribution >= 0.6 is 0 Å². The number of rotatable bonds is 3. The van der Waals surface area contributed by atoms with Crippen LogP contribution < -0.4 is 15.5 Å². The van der Waals surface area contributed by atoms with E-state index in [1.54, 1.807) is 0 Å². The predicted octanol–water partition coefficient (Wildman–Crippen LogP) is 2.40. The molecule has 0 bridgehead atoms. The second-order valence-electron chi connectivity index (χ2n) is 8.22. The summed E-state index contributed by atoms with van der Waals surface area (Å²) in [5.41, 5.74) is 8.95. The number of hydrogen-bond donors (Lipinski definition) is 2. The Kier molecular flexibility index (Phi) is 4.16. The second-order valence-corrected chi connectivity index (χ2v) is 8.22. The minimum atomic E-state index is 0.240. The Morgan fingerprint density at radius 3 is 2.86 bits per heavy atom. The average Bonchev–Trinajstić information content (AvgIpc) is 3.17. The number of aryl methyl sites for hydroxylation is 1. The smallest absolute Gasteiger partial charge is 0.184 e. The first-order valence-electron chi connectivity index (χ1n) is 10.0. The van der Waals surface area contributed by atoms with Gasteiger partial charge in [-0.3, -0.25) is 5.10 Å². The lowest BCUT2D eigenvalue weighted by molar-refractivity contribution is 0.258. The van der Waals surface area contributed by atoms with E-state index in [1.807, 2.05) is 18.5 Å². The second kappa shape index (κ2) is 6.70. The topological polar surface area (TPSA) is 99.9 Å². The average molecular weight is 378 g/mol. The van der Waals surface area contributed by atoms with Crippen LogP contribution in [-0.4, -0.2) is 51.3 Å². The first kappa shape index (κ1) is 17.4. The van der Waals surface area contributed by atoms with Gasteiger partial charge in [-0.05, 0) is 49.3 Å². The summed E-state index contributed by atoms with van der Waals surface area (Å²) in [4.78, 5) is 18.6. The minimum absolute atomic E-state index is 0.240. The van der Waals surface area contributed by atoms with Crippen LogP contribution in [0, 0.1) is 5.41 Å². The van der Waals surface area contributed by atoms with Gasteiger partial charge in [0, 0.05) is 25.8 Å². The highest BCUT2D eigenvalue weighted by Crippen LogP contribution is 2.35. The van der Waals surface area contributed by atoms with Gasteiger partial charge >= 0.3 is 0 Å². The highest BCUT2D eigenvalue weighted by atomic mass is 15.3. The van der Waals surface area contributed by atoms with Gasteiger partial charge in [0.15, 0.2) is 17.0 Å². The van der Waals surface area contributed by atoms with Gasteiger partial charge in [-0.1, -0.05) is 13.0 Å². The van der Waals surface area contributed by atoms with Gasteiger partial charge in [0.2, 0.25) is 0 Å². The molecule has 0 atom stereocenters. The molecule has 5 heterocycles. The molecule has 0 radical (unpaired) electrons. The minimum Gasteiger partial charge on any atom is -0.355 e. The largest absolute Gasteiger partial charge is 0.355 e. The molecule has 8 heteroatoms. The fourth-order valence-electron chi connectivity index (χ4n) is 4.21. The van der Waals surface area contributed by atoms with E-state index < -0.39 is 0 Å². The van der Waals surface area contributed by atoms with Gasteiger partial charge < -0.3 is 15.5 Å². The maximum absolute atomic E-state index is 5.93. The number of anilines is 3. The quantitative estimate of drug-likeness (QED) is 0.722. The molecule has 146 valence electrons. The summed E-state index contributed by atoms with van der Waals surface area (Å²) in [6.07, 6.45) is 7.99. The number of pyridine rings is 1. The molecule has 1 fully saturated rings. The zero-order chi connectivity index (χ0) is 19.1. The summed E-state index contributed by atoms with van der Waals surface area (Å²) < 4.78 is 0. The van der Waals surface area contributed by atoms with Crippen molar-refractivity contribution < 1.29 is 0 Å². The normalized spacial score (nSPS) is 19.1. The number of aromatic nitrogens is 5. The van der Waals surface area contributed by atoms with Gasteiger partial charge in [-0.2, -0.15) is 5.10 Å². The van der Waals surface area contributed by atoms with Crippen molar-refractivity contribution in [3.8, 4) is 0 Å². The van der Waals surface area contributed by atoms with E-state index >= 15 is 0 Å². The van der Waals surface area contributed by atoms with E-state index in [0.717, 1.165) is 80.5 Å². The van der Waals surface area contributed by atoms with Crippen molar-refractivity contribution in [2.24, 2.45) is 11.1 Å². The number of hydrogen-bond acceptors (Lipinski definition) is 7. The molecule has 0 amide bonds. The van der Waals surface area contributed by atoms with Crippen LogP contribution in [0.25, 0.3) is 11.2 Å². The van der Waals surface area contributed by atoms with Crippen LogP contribution in [0.15, 0.2) is 24.5 Å². The predicted molar refractivity (Wildman–Crippen MR) is 110 cm³/mol. The fourth-order valence-corrected chi connectivity index (χ4v) is 4.21. The highest BCUT2D eigenvalue weighted by Gasteiger charge is 2.30. The van der Waals surface area contributed by atoms with Gasteiger partial charge in [-0.25, -0.2) is 15.0 Å². The van der Waals surface area contributed by atoms with E-state index in [2.05, 4.69) is 38.0 Å². The SMILES string of the molecule is CC1(CN)CCN(c2cnc3c(N4CCCc5cccnc54)n[nH]c3n2)CC1. The lowest BCUT2D eigenvalue weighted by Crippen LogP contribution is -2.42. The van der Waals surface area contributed by atoms with Crippen LogP contribution in [-0.2, 0) is 6.42 Å². The Hall–Kier alpha value is -2.74. The van der Waals surface area contributed by atoms with Crippen LogP contribution in [0.5, 0.6) is 0 Å². The molecule has 8 nitrogen and oxygen atoms in total. The molecule has 0 aromatic carbocycles. The first-order valence-corrected chi connectivity index (χ1v) is 10.0. The molecule has 2 aliphatic rings. The number of nitrogens with one attached hydrogen (secondary N) is 1. The molecule has 0 spiro atoms. The van der Waals surface area contributed by atoms with E-state index in [1.165, 1.54) is 5.56 Å². The summed E-state index contributed by atoms with van der Waals surface area (Å²) >= 11 is 0. The first-order chi connectivity index (χ1) is 13.7. The molecule has 3 aromatic rings. The lowest BCUT2D eigenvalue weighted by atomic mass is 9.80. The highest BCUT2D eigenvalue weighted by molar-refractivity contribution is 5.87. The molecular formula is C20H26N8. The van der Waals surface area contributed by atoms with Crippen molar-refractivity contribution in [3.63, 3.8) is 0 Å². The Balaban J connectivity index is 1.44. The number of fused-ring (bicyclic) bond motifs is 2. The Bertz CT molecular complexity index is 989. The zero-order valence-electron chi connectivity index (χ0n) is 16.2. The Morgan fingerprint density at radius 1 is 1.18 bits per heavy atom. The van der Waals surface area contributed by atoms with Crippen molar-refractivity contribution in [2.45, 2.75) is 32.6 Å². The molecule has 2 aliphatic heterocycles. The summed E-state index contributed by atoms with van der Waals surface area (Å²) in [5.74, 6) is 2.69. The van der Waals surface area contributed by atoms with Crippen molar-refractivity contribution in [1.82, 2.24) is 25.1 Å². The van der Waals surface area contributed by atoms with Crippen LogP contribution in [0.2, 0.25) is 0 Å². The molecule has 3 aromatic heterocycles. The van der Waals surface area contributed by atoms with Crippen LogP contribution in [0.4, 0.5) is 17.5 Å². The van der Waals surface area contributed by atoms with Crippen molar-refractivity contribution in [3.05, 3.63) is 30.1 Å². The third-order valence-electron chi connectivity index (χ3n) is 6.23. The van der Waals surface area contributed by atoms with Crippen LogP contribution in [0.3, 0.4) is 0 Å². The monoisotopic (exact) mass is 378 g/mol. The molecule has 28 heavy (non-hydrogen) atoms. The molecular weight excluding hydrogens is 352 g/mol. The van der Waals surface area contributed by atoms with E-state index in [-0.39, 0.29) is 5.41 Å². The number of H-pyrrole nitrogens is 1. The molecule has 1 saturated heterocycles. The number of aromatic amines is 1. The van der Waals surface area contributed by atoms with Crippen LogP contribution in [0.1, 0.15) is 31.7 Å². The third-order valence-corrected chi connectivity index (χ3v) is 6.23. The van der Waals surface area contributed by atoms with Crippen molar-refractivity contribution in [1.29, 1.82) is 0 Å². The maximum Gasteiger partial charge on any atom is 0.184 e. The Morgan fingerprint density at radius 2 is 2.04 bits per heavy atom. The number of nitrogens with two attached hydrogens (primary N) is 1. The van der Waals surface area contributed by atoms with Gasteiger partial charge in [0.25, 0.3) is 0 Å². The summed E-state index contributed by atoms with van der Waals surface area (Å²) in [5, 5.41) is 7.62. The number of piperidine rings is 1. The zero-order valence-corrected chi connectivity index (χ0v) is 16.2. The van der Waals surface area contributed by atoms with E-state index in [9.17, 15) is 0 Å². The van der Waals surface area contributed by atoms with Gasteiger partial charge in [0.1, 0.15) is 11.6 Å². The summed E-state index contributed by atoms with van der Waals surface area (Å²) in [7, 11) is 0. The fraction of sp³-hybridized carbons (Fsp3) is 0.500. The van der Waals surface area contributed by atoms with E-state index in [0.29, 0.717) is 0 Å². The standard InChI is InChI=1S/C20H26N8/c1-20(13-21)6-10-27(11-7-20)15-12-23-16-17(24-15)25-26-19(16)28-9-3-5-14-4-2-8-22-18(14)28/h2,4,8,12H,3,5-7,9-11,13,21H2,1H3,(H,24,25,26). The van der Waals surface area contributed by atoms with Crippen molar-refractivity contribution in [2.75, 3.05) is 36.0 Å². The molecule has 5 rings (SSSR count). The summed E-state index contributed by atoms with van der Waals surface area (Å²) in [6, 6.07) is 4.13. The third kappa shape index (κ3) is 2.88. The maximum atomic E-state index is 5.93. The number of nitrogens with zero attached hydrogens (tertiary/aromatic N) is 6. The molecule has 0 unspecified atom stereocenters.